The second-order valence-corrected chi connectivity index (χ2v) is 13.3. The Bertz CT molecular complexity index is 1920. The van der Waals surface area contributed by atoms with E-state index in [1.54, 1.807) is 65.6 Å². The molecule has 2 heterocycles. The highest BCUT2D eigenvalue weighted by Crippen LogP contribution is 2.34. The van der Waals surface area contributed by atoms with E-state index in [1.807, 2.05) is 45.2 Å². The van der Waals surface area contributed by atoms with E-state index in [-0.39, 0.29) is 43.7 Å². The lowest BCUT2D eigenvalue weighted by Crippen LogP contribution is -2.47. The predicted molar refractivity (Wildman–Crippen MR) is 199 cm³/mol. The van der Waals surface area contributed by atoms with Gasteiger partial charge < -0.3 is 45.9 Å². The average molecular weight is 709 g/mol. The summed E-state index contributed by atoms with van der Waals surface area (Å²) in [5, 5.41) is 18.5. The number of carbonyl (C=O) groups is 3. The smallest absolute Gasteiger partial charge is 0.323 e. The van der Waals surface area contributed by atoms with Gasteiger partial charge in [-0.1, -0.05) is 31.2 Å². The third kappa shape index (κ3) is 8.74. The van der Waals surface area contributed by atoms with E-state index in [0.29, 0.717) is 70.8 Å². The van der Waals surface area contributed by atoms with Gasteiger partial charge in [-0.2, -0.15) is 0 Å². The van der Waals surface area contributed by atoms with Crippen LogP contribution >= 0.6 is 0 Å². The van der Waals surface area contributed by atoms with Gasteiger partial charge in [0.1, 0.15) is 11.9 Å². The summed E-state index contributed by atoms with van der Waals surface area (Å²) in [6, 6.07) is 24.1. The van der Waals surface area contributed by atoms with Crippen molar-refractivity contribution in [3.63, 3.8) is 0 Å². The Morgan fingerprint density at radius 3 is 2.37 bits per heavy atom. The molecular formula is C39H44N6O7. The van der Waals surface area contributed by atoms with E-state index in [2.05, 4.69) is 20.9 Å². The van der Waals surface area contributed by atoms with Gasteiger partial charge in [-0.25, -0.2) is 4.79 Å². The molecular weight excluding hydrogens is 664 g/mol. The van der Waals surface area contributed by atoms with Gasteiger partial charge in [0, 0.05) is 54.1 Å². The maximum atomic E-state index is 13.7. The van der Waals surface area contributed by atoms with E-state index in [0.717, 1.165) is 5.56 Å². The summed E-state index contributed by atoms with van der Waals surface area (Å²) in [6.07, 6.45) is -0.289. The number of nitrogens with two attached hydrogens (primary N) is 1. The Kier molecular flexibility index (Phi) is 11.1. The third-order valence-electron chi connectivity index (χ3n) is 9.17. The molecule has 2 aliphatic heterocycles. The number of urea groups is 1. The SMILES string of the molecule is C[C@H](CO)N1C[C@H](C)[C@H](CN(C)Cc2ccc(C(=O)Nc3ccccc3N)cc2)Oc2ccc(NC(=O)Nc3ccc4c(c3)OCO4)cc2CC1=O. The summed E-state index contributed by atoms with van der Waals surface area (Å²) in [5.41, 5.74) is 10.2. The maximum Gasteiger partial charge on any atom is 0.323 e. The quantitative estimate of drug-likeness (QED) is 0.140. The number of fused-ring (bicyclic) bond motifs is 2. The van der Waals surface area contributed by atoms with Crippen LogP contribution in [0, 0.1) is 5.92 Å². The van der Waals surface area contributed by atoms with Crippen molar-refractivity contribution in [2.45, 2.75) is 39.0 Å². The van der Waals surface area contributed by atoms with Gasteiger partial charge in [0.2, 0.25) is 12.7 Å². The molecule has 4 aromatic rings. The standard InChI is InChI=1S/C39H44N6O7/c1-24-19-45(25(2)22-46)37(47)17-28-16-29(41-39(49)42-30-13-15-34-35(18-30)51-23-50-34)12-14-33(28)52-36(24)21-44(3)20-26-8-10-27(11-9-26)38(48)43-32-7-5-4-6-31(32)40/h4-16,18,24-25,36,46H,17,19-23,40H2,1-3H3,(H,43,48)(H2,41,42,49)/t24-,25+,36-/m0/s1. The number of hydrogen-bond donors (Lipinski definition) is 5. The molecule has 4 amide bonds. The molecule has 0 aromatic heterocycles. The molecule has 0 radical (unpaired) electrons. The number of hydrogen-bond acceptors (Lipinski definition) is 9. The fourth-order valence-corrected chi connectivity index (χ4v) is 6.24. The summed E-state index contributed by atoms with van der Waals surface area (Å²) in [7, 11) is 1.99. The summed E-state index contributed by atoms with van der Waals surface area (Å²) >= 11 is 0. The first-order valence-corrected chi connectivity index (χ1v) is 17.2. The Morgan fingerprint density at radius 2 is 1.63 bits per heavy atom. The Morgan fingerprint density at radius 1 is 0.942 bits per heavy atom. The van der Waals surface area contributed by atoms with Gasteiger partial charge in [0.05, 0.1) is 30.4 Å². The van der Waals surface area contributed by atoms with Crippen molar-refractivity contribution >= 4 is 40.6 Å². The Labute approximate surface area is 302 Å². The van der Waals surface area contributed by atoms with E-state index in [1.165, 1.54) is 0 Å². The van der Waals surface area contributed by atoms with Crippen LogP contribution in [0.4, 0.5) is 27.5 Å². The molecule has 272 valence electrons. The summed E-state index contributed by atoms with van der Waals surface area (Å²) < 4.78 is 17.4. The average Bonchev–Trinajstić information content (AvgIpc) is 3.61. The molecule has 0 saturated heterocycles. The van der Waals surface area contributed by atoms with Crippen molar-refractivity contribution in [2.75, 3.05) is 55.2 Å². The van der Waals surface area contributed by atoms with Gasteiger partial charge in [0.15, 0.2) is 11.5 Å². The van der Waals surface area contributed by atoms with Crippen LogP contribution < -0.4 is 35.9 Å². The number of aliphatic hydroxyl groups excluding tert-OH is 1. The van der Waals surface area contributed by atoms with Gasteiger partial charge >= 0.3 is 6.03 Å². The van der Waals surface area contributed by atoms with Crippen LogP contribution in [-0.2, 0) is 17.8 Å². The number of nitrogens with zero attached hydrogens (tertiary/aromatic N) is 2. The molecule has 4 aromatic carbocycles. The van der Waals surface area contributed by atoms with Crippen LogP contribution in [-0.4, -0.2) is 78.4 Å². The minimum Gasteiger partial charge on any atom is -0.488 e. The lowest BCUT2D eigenvalue weighted by molar-refractivity contribution is -0.134. The van der Waals surface area contributed by atoms with Gasteiger partial charge in [-0.15, -0.1) is 0 Å². The lowest BCUT2D eigenvalue weighted by atomic mass is 10.0. The number of para-hydroxylation sites is 2. The molecule has 13 nitrogen and oxygen atoms in total. The molecule has 0 unspecified atom stereocenters. The van der Waals surface area contributed by atoms with Crippen LogP contribution in [0.3, 0.4) is 0 Å². The molecule has 0 spiro atoms. The number of likely N-dealkylation sites (N-methyl/N-ethyl adjacent to an activating group) is 1. The number of nitrogen functional groups attached to an aromatic ring is 1. The van der Waals surface area contributed by atoms with Gasteiger partial charge in [0.25, 0.3) is 5.91 Å². The number of ether oxygens (including phenoxy) is 3. The number of anilines is 4. The van der Waals surface area contributed by atoms with E-state index < -0.39 is 12.1 Å². The molecule has 2 aliphatic rings. The van der Waals surface area contributed by atoms with E-state index >= 15 is 0 Å². The maximum absolute atomic E-state index is 13.7. The molecule has 0 aliphatic carbocycles. The number of benzene rings is 4. The third-order valence-corrected chi connectivity index (χ3v) is 9.17. The zero-order valence-corrected chi connectivity index (χ0v) is 29.4. The molecule has 0 bridgehead atoms. The van der Waals surface area contributed by atoms with Crippen LogP contribution in [0.1, 0.15) is 35.3 Å². The molecule has 13 heteroatoms. The molecule has 6 rings (SSSR count). The van der Waals surface area contributed by atoms with Crippen LogP contribution in [0.25, 0.3) is 0 Å². The van der Waals surface area contributed by atoms with Crippen molar-refractivity contribution in [3.05, 3.63) is 102 Å². The second-order valence-electron chi connectivity index (χ2n) is 13.3. The predicted octanol–water partition coefficient (Wildman–Crippen LogP) is 5.17. The second kappa shape index (κ2) is 16.0. The Hall–Kier alpha value is -5.79. The molecule has 6 N–H and O–H groups in total. The van der Waals surface area contributed by atoms with Gasteiger partial charge in [-0.05, 0) is 74.1 Å². The Balaban J connectivity index is 1.14. The van der Waals surface area contributed by atoms with Crippen LogP contribution in [0.5, 0.6) is 17.2 Å². The zero-order chi connectivity index (χ0) is 36.8. The zero-order valence-electron chi connectivity index (χ0n) is 29.4. The fraction of sp³-hybridized carbons (Fsp3) is 0.308. The van der Waals surface area contributed by atoms with Crippen molar-refractivity contribution in [1.82, 2.24) is 9.80 Å². The molecule has 0 saturated carbocycles. The highest BCUT2D eigenvalue weighted by Gasteiger charge is 2.31. The first-order chi connectivity index (χ1) is 25.1. The van der Waals surface area contributed by atoms with Crippen LogP contribution in [0.2, 0.25) is 0 Å². The highest BCUT2D eigenvalue weighted by molar-refractivity contribution is 6.05. The van der Waals surface area contributed by atoms with Crippen LogP contribution in [0.15, 0.2) is 84.9 Å². The van der Waals surface area contributed by atoms with E-state index in [9.17, 15) is 19.5 Å². The number of aliphatic hydroxyl groups is 1. The minimum absolute atomic E-state index is 0.0328. The number of nitrogens with one attached hydrogen (secondary N) is 3. The van der Waals surface area contributed by atoms with Crippen molar-refractivity contribution < 1.29 is 33.7 Å². The monoisotopic (exact) mass is 708 g/mol. The first-order valence-electron chi connectivity index (χ1n) is 17.2. The summed E-state index contributed by atoms with van der Waals surface area (Å²) in [4.78, 5) is 43.2. The summed E-state index contributed by atoms with van der Waals surface area (Å²) in [5.74, 6) is 1.23. The molecule has 3 atom stereocenters. The van der Waals surface area contributed by atoms with Crippen molar-refractivity contribution in [1.29, 1.82) is 0 Å². The van der Waals surface area contributed by atoms with Crippen molar-refractivity contribution in [2.24, 2.45) is 5.92 Å². The van der Waals surface area contributed by atoms with Crippen molar-refractivity contribution in [3.8, 4) is 17.2 Å². The highest BCUT2D eigenvalue weighted by atomic mass is 16.7. The molecule has 52 heavy (non-hydrogen) atoms. The lowest BCUT2D eigenvalue weighted by Gasteiger charge is -2.34. The van der Waals surface area contributed by atoms with E-state index in [4.69, 9.17) is 19.9 Å². The first kappa shape index (κ1) is 36.0. The number of carbonyl (C=O) groups excluding carboxylic acids is 3. The topological polar surface area (TPSA) is 168 Å². The molecule has 0 fully saturated rings. The fourth-order valence-electron chi connectivity index (χ4n) is 6.24. The normalized spacial score (nSPS) is 17.2. The largest absolute Gasteiger partial charge is 0.488 e. The number of rotatable bonds is 10. The van der Waals surface area contributed by atoms with Gasteiger partial charge in [-0.3, -0.25) is 14.5 Å². The minimum atomic E-state index is -0.465. The number of amides is 4. The summed E-state index contributed by atoms with van der Waals surface area (Å²) in [6.45, 7) is 5.33.